The first-order chi connectivity index (χ1) is 15.7. The molecule has 1 aromatic heterocycles. The van der Waals surface area contributed by atoms with E-state index in [4.69, 9.17) is 18.6 Å². The Balaban J connectivity index is 1.84. The molecule has 2 aromatic carbocycles. The van der Waals surface area contributed by atoms with Gasteiger partial charge in [-0.15, -0.1) is 0 Å². The van der Waals surface area contributed by atoms with Gasteiger partial charge in [-0.3, -0.25) is 4.79 Å². The lowest BCUT2D eigenvalue weighted by Gasteiger charge is -2.38. The first-order valence-corrected chi connectivity index (χ1v) is 9.75. The minimum absolute atomic E-state index is 0.0355. The average Bonchev–Trinajstić information content (AvgIpc) is 2.80. The van der Waals surface area contributed by atoms with Gasteiger partial charge in [0.1, 0.15) is 35.0 Å². The maximum Gasteiger partial charge on any atom is 0.335 e. The number of benzene rings is 2. The molecule has 3 aromatic rings. The van der Waals surface area contributed by atoms with Gasteiger partial charge in [0.25, 0.3) is 0 Å². The molecule has 11 nitrogen and oxygen atoms in total. The molecule has 1 fully saturated rings. The molecule has 5 N–H and O–H groups in total. The van der Waals surface area contributed by atoms with Gasteiger partial charge >= 0.3 is 5.97 Å². The minimum atomic E-state index is -1.94. The highest BCUT2D eigenvalue weighted by Gasteiger charge is 2.48. The monoisotopic (exact) mass is 460 g/mol. The van der Waals surface area contributed by atoms with Crippen molar-refractivity contribution < 1.29 is 49.0 Å². The van der Waals surface area contributed by atoms with E-state index in [9.17, 15) is 35.1 Å². The van der Waals surface area contributed by atoms with Gasteiger partial charge in [-0.1, -0.05) is 30.3 Å². The molecular weight excluding hydrogens is 440 g/mol. The number of hydrogen-bond acceptors (Lipinski definition) is 10. The number of hydrogen-bond donors (Lipinski definition) is 5. The third kappa shape index (κ3) is 3.98. The van der Waals surface area contributed by atoms with E-state index in [1.165, 1.54) is 19.2 Å². The Morgan fingerprint density at radius 1 is 1.03 bits per heavy atom. The Kier molecular flexibility index (Phi) is 5.95. The highest BCUT2D eigenvalue weighted by atomic mass is 16.7. The number of phenols is 1. The molecule has 0 saturated carbocycles. The summed E-state index contributed by atoms with van der Waals surface area (Å²) in [6.07, 6.45) is -9.59. The molecule has 0 bridgehead atoms. The fourth-order valence-corrected chi connectivity index (χ4v) is 3.54. The molecular formula is C22H20O11. The summed E-state index contributed by atoms with van der Waals surface area (Å²) in [5.41, 5.74) is -0.0474. The summed E-state index contributed by atoms with van der Waals surface area (Å²) in [6.45, 7) is 0. The third-order valence-corrected chi connectivity index (χ3v) is 5.24. The summed E-state index contributed by atoms with van der Waals surface area (Å²) < 4.78 is 21.5. The summed E-state index contributed by atoms with van der Waals surface area (Å²) in [5.74, 6) is -2.70. The van der Waals surface area contributed by atoms with Crippen LogP contribution in [0.5, 0.6) is 17.2 Å². The molecule has 0 amide bonds. The second-order valence-corrected chi connectivity index (χ2v) is 7.32. The van der Waals surface area contributed by atoms with E-state index in [-0.39, 0.29) is 22.5 Å². The molecule has 33 heavy (non-hydrogen) atoms. The van der Waals surface area contributed by atoms with Crippen LogP contribution in [0.3, 0.4) is 0 Å². The molecule has 2 heterocycles. The fraction of sp³-hybridized carbons (Fsp3) is 0.273. The van der Waals surface area contributed by atoms with Crippen LogP contribution in [0.1, 0.15) is 0 Å². The van der Waals surface area contributed by atoms with E-state index in [0.717, 1.165) is 0 Å². The van der Waals surface area contributed by atoms with E-state index in [2.05, 4.69) is 0 Å². The number of ether oxygens (including phenoxy) is 3. The van der Waals surface area contributed by atoms with Crippen LogP contribution in [0, 0.1) is 0 Å². The van der Waals surface area contributed by atoms with E-state index in [1.807, 2.05) is 0 Å². The predicted octanol–water partition coefficient (Wildman–Crippen LogP) is 0.445. The number of aliphatic carboxylic acids is 1. The summed E-state index contributed by atoms with van der Waals surface area (Å²) in [6, 6.07) is 11.2. The summed E-state index contributed by atoms with van der Waals surface area (Å²) >= 11 is 0. The molecule has 11 heteroatoms. The van der Waals surface area contributed by atoms with Crippen LogP contribution < -0.4 is 14.9 Å². The first-order valence-electron chi connectivity index (χ1n) is 9.75. The van der Waals surface area contributed by atoms with Crippen molar-refractivity contribution in [2.45, 2.75) is 30.7 Å². The van der Waals surface area contributed by atoms with Crippen molar-refractivity contribution in [2.75, 3.05) is 7.11 Å². The zero-order valence-corrected chi connectivity index (χ0v) is 17.1. The van der Waals surface area contributed by atoms with Crippen molar-refractivity contribution >= 4 is 16.9 Å². The highest BCUT2D eigenvalue weighted by molar-refractivity contribution is 5.90. The molecule has 0 aliphatic carbocycles. The average molecular weight is 460 g/mol. The molecule has 174 valence electrons. The van der Waals surface area contributed by atoms with Gasteiger partial charge in [0, 0.05) is 17.7 Å². The van der Waals surface area contributed by atoms with Crippen LogP contribution in [0.15, 0.2) is 51.7 Å². The van der Waals surface area contributed by atoms with Crippen molar-refractivity contribution in [1.29, 1.82) is 0 Å². The Morgan fingerprint density at radius 3 is 2.36 bits per heavy atom. The molecule has 1 aliphatic rings. The normalized spacial score (nSPS) is 25.0. The number of aliphatic hydroxyl groups excluding tert-OH is 3. The lowest BCUT2D eigenvalue weighted by Crippen LogP contribution is -2.61. The second kappa shape index (κ2) is 8.71. The molecule has 0 spiro atoms. The van der Waals surface area contributed by atoms with E-state index >= 15 is 0 Å². The van der Waals surface area contributed by atoms with Crippen molar-refractivity contribution in [1.82, 2.24) is 0 Å². The van der Waals surface area contributed by atoms with Gasteiger partial charge < -0.3 is 44.2 Å². The zero-order chi connectivity index (χ0) is 23.9. The zero-order valence-electron chi connectivity index (χ0n) is 17.1. The number of phenolic OH excluding ortho intramolecular Hbond substituents is 1. The highest BCUT2D eigenvalue weighted by Crippen LogP contribution is 2.43. The van der Waals surface area contributed by atoms with Gasteiger partial charge in [-0.05, 0) is 0 Å². The number of methoxy groups -OCH3 is 1. The smallest absolute Gasteiger partial charge is 0.335 e. The van der Waals surface area contributed by atoms with Crippen molar-refractivity contribution in [3.63, 3.8) is 0 Å². The Morgan fingerprint density at radius 2 is 1.73 bits per heavy atom. The lowest BCUT2D eigenvalue weighted by atomic mass is 9.99. The molecule has 1 aliphatic heterocycles. The number of carboxylic acids is 1. The standard InChI is InChI=1S/C22H20O11/c1-30-13-8-12-14(10(23)7-11(31-12)9-5-3-2-4-6-9)19(15(13)24)32-22-18(27)16(25)17(26)20(33-22)21(28)29/h2-8,16-18,20,22,24-27H,1H3,(H,28,29)/t16-,17-,18+,20-,22+/m0/s1. The van der Waals surface area contributed by atoms with E-state index in [0.29, 0.717) is 5.56 Å². The first kappa shape index (κ1) is 22.6. The van der Waals surface area contributed by atoms with Crippen LogP contribution in [0.4, 0.5) is 0 Å². The number of aromatic hydroxyl groups is 1. The van der Waals surface area contributed by atoms with Crippen LogP contribution in [-0.4, -0.2) is 69.3 Å². The number of carbonyl (C=O) groups is 1. The van der Waals surface area contributed by atoms with Gasteiger partial charge in [-0.2, -0.15) is 0 Å². The van der Waals surface area contributed by atoms with Crippen molar-refractivity contribution in [3.8, 4) is 28.6 Å². The summed E-state index contributed by atoms with van der Waals surface area (Å²) in [5, 5.41) is 49.7. The lowest BCUT2D eigenvalue weighted by molar-refractivity contribution is -0.271. The Labute approximate surface area is 185 Å². The quantitative estimate of drug-likeness (QED) is 0.357. The number of rotatable bonds is 5. The van der Waals surface area contributed by atoms with E-state index in [1.54, 1.807) is 30.3 Å². The summed E-state index contributed by atoms with van der Waals surface area (Å²) in [4.78, 5) is 24.3. The number of carboxylic acid groups (broad SMARTS) is 1. The van der Waals surface area contributed by atoms with Crippen LogP contribution >= 0.6 is 0 Å². The van der Waals surface area contributed by atoms with Gasteiger partial charge in [-0.25, -0.2) is 4.79 Å². The van der Waals surface area contributed by atoms with E-state index < -0.39 is 53.6 Å². The maximum atomic E-state index is 13.0. The Bertz CT molecular complexity index is 1240. The molecule has 1 saturated heterocycles. The SMILES string of the molecule is COc1cc2oc(-c3ccccc3)cc(=O)c2c(O[C@@H]2O[C@H](C(=O)O)[C@@H](O)[C@H](O)[C@H]2O)c1O. The van der Waals surface area contributed by atoms with Crippen LogP contribution in [0.2, 0.25) is 0 Å². The fourth-order valence-electron chi connectivity index (χ4n) is 3.54. The van der Waals surface area contributed by atoms with Crippen LogP contribution in [-0.2, 0) is 9.53 Å². The molecule has 0 unspecified atom stereocenters. The second-order valence-electron chi connectivity index (χ2n) is 7.32. The Hall–Kier alpha value is -3.64. The van der Waals surface area contributed by atoms with Crippen molar-refractivity contribution in [2.24, 2.45) is 0 Å². The molecule has 4 rings (SSSR count). The summed E-state index contributed by atoms with van der Waals surface area (Å²) in [7, 11) is 1.25. The number of fused-ring (bicyclic) bond motifs is 1. The maximum absolute atomic E-state index is 13.0. The largest absolute Gasteiger partial charge is 0.502 e. The van der Waals surface area contributed by atoms with Gasteiger partial charge in [0.15, 0.2) is 23.0 Å². The number of aliphatic hydroxyl groups is 3. The minimum Gasteiger partial charge on any atom is -0.502 e. The van der Waals surface area contributed by atoms with Gasteiger partial charge in [0.05, 0.1) is 7.11 Å². The molecule has 0 radical (unpaired) electrons. The van der Waals surface area contributed by atoms with Gasteiger partial charge in [0.2, 0.25) is 12.0 Å². The third-order valence-electron chi connectivity index (χ3n) is 5.24. The molecule has 5 atom stereocenters. The van der Waals surface area contributed by atoms with Crippen LogP contribution in [0.25, 0.3) is 22.3 Å². The van der Waals surface area contributed by atoms with Crippen molar-refractivity contribution in [3.05, 3.63) is 52.7 Å². The predicted molar refractivity (Wildman–Crippen MR) is 111 cm³/mol. The topological polar surface area (TPSA) is 176 Å².